The van der Waals surface area contributed by atoms with Gasteiger partial charge in [-0.2, -0.15) is 0 Å². The van der Waals surface area contributed by atoms with Crippen LogP contribution in [0.1, 0.15) is 45.6 Å². The van der Waals surface area contributed by atoms with Crippen molar-refractivity contribution in [2.45, 2.75) is 52.5 Å². The van der Waals surface area contributed by atoms with Gasteiger partial charge in [0.15, 0.2) is 0 Å². The van der Waals surface area contributed by atoms with Crippen molar-refractivity contribution in [1.82, 2.24) is 5.32 Å². The second-order valence-electron chi connectivity index (χ2n) is 6.37. The van der Waals surface area contributed by atoms with Gasteiger partial charge in [0.05, 0.1) is 6.54 Å². The Bertz CT molecular complexity index is 468. The molecule has 1 amide bonds. The van der Waals surface area contributed by atoms with Crippen LogP contribution in [0.25, 0.3) is 0 Å². The van der Waals surface area contributed by atoms with E-state index in [1.165, 1.54) is 24.8 Å². The Labute approximate surface area is 122 Å². The average Bonchev–Trinajstić information content (AvgIpc) is 2.76. The highest BCUT2D eigenvalue weighted by atomic mass is 16.1. The van der Waals surface area contributed by atoms with E-state index in [4.69, 9.17) is 0 Å². The summed E-state index contributed by atoms with van der Waals surface area (Å²) in [5, 5.41) is 6.43. The topological polar surface area (TPSA) is 41.1 Å². The van der Waals surface area contributed by atoms with Crippen LogP contribution in [0.4, 0.5) is 5.69 Å². The molecule has 1 atom stereocenters. The van der Waals surface area contributed by atoms with Crippen molar-refractivity contribution in [2.24, 2.45) is 5.41 Å². The molecule has 0 heterocycles. The zero-order chi connectivity index (χ0) is 14.6. The molecule has 2 rings (SSSR count). The fourth-order valence-corrected chi connectivity index (χ4v) is 3.07. The van der Waals surface area contributed by atoms with Crippen LogP contribution >= 0.6 is 0 Å². The third-order valence-corrected chi connectivity index (χ3v) is 4.44. The van der Waals surface area contributed by atoms with E-state index in [2.05, 4.69) is 37.5 Å². The van der Waals surface area contributed by atoms with Crippen molar-refractivity contribution >= 4 is 11.6 Å². The maximum Gasteiger partial charge on any atom is 0.238 e. The number of amides is 1. The van der Waals surface area contributed by atoms with Crippen LogP contribution < -0.4 is 10.6 Å². The van der Waals surface area contributed by atoms with Crippen LogP contribution in [0.2, 0.25) is 0 Å². The molecule has 0 saturated heterocycles. The van der Waals surface area contributed by atoms with Gasteiger partial charge in [0, 0.05) is 11.7 Å². The van der Waals surface area contributed by atoms with Crippen molar-refractivity contribution in [3.05, 3.63) is 29.8 Å². The van der Waals surface area contributed by atoms with E-state index in [-0.39, 0.29) is 5.91 Å². The van der Waals surface area contributed by atoms with Gasteiger partial charge in [0.25, 0.3) is 0 Å². The van der Waals surface area contributed by atoms with Gasteiger partial charge in [-0.3, -0.25) is 4.79 Å². The molecule has 1 fully saturated rings. The molecule has 0 spiro atoms. The first kappa shape index (κ1) is 15.0. The Hall–Kier alpha value is -1.35. The lowest BCUT2D eigenvalue weighted by atomic mass is 9.87. The van der Waals surface area contributed by atoms with Gasteiger partial charge in [-0.15, -0.1) is 0 Å². The van der Waals surface area contributed by atoms with Crippen LogP contribution in [0.5, 0.6) is 0 Å². The van der Waals surface area contributed by atoms with Gasteiger partial charge in [-0.25, -0.2) is 0 Å². The second kappa shape index (κ2) is 6.40. The molecule has 1 aromatic rings. The monoisotopic (exact) mass is 274 g/mol. The van der Waals surface area contributed by atoms with Crippen LogP contribution in [0.3, 0.4) is 0 Å². The SMILES string of the molecule is CCc1ccccc1NC(=O)CN[C@@H]1CCCC1(C)C. The zero-order valence-electron chi connectivity index (χ0n) is 12.8. The largest absolute Gasteiger partial charge is 0.325 e. The fraction of sp³-hybridized carbons (Fsp3) is 0.588. The molecule has 2 N–H and O–H groups in total. The van der Waals surface area contributed by atoms with Gasteiger partial charge >= 0.3 is 0 Å². The first-order valence-corrected chi connectivity index (χ1v) is 7.64. The number of rotatable bonds is 5. The standard InChI is InChI=1S/C17H26N2O/c1-4-13-8-5-6-9-14(13)19-16(20)12-18-15-10-7-11-17(15,2)3/h5-6,8-9,15,18H,4,7,10-12H2,1-3H3,(H,19,20)/t15-/m1/s1. The maximum absolute atomic E-state index is 12.1. The number of para-hydroxylation sites is 1. The summed E-state index contributed by atoms with van der Waals surface area (Å²) in [7, 11) is 0. The fourth-order valence-electron chi connectivity index (χ4n) is 3.07. The van der Waals surface area contributed by atoms with Crippen molar-refractivity contribution < 1.29 is 4.79 Å². The molecule has 1 aliphatic carbocycles. The minimum absolute atomic E-state index is 0.0496. The van der Waals surface area contributed by atoms with Crippen molar-refractivity contribution in [3.8, 4) is 0 Å². The second-order valence-corrected chi connectivity index (χ2v) is 6.37. The van der Waals surface area contributed by atoms with Gasteiger partial charge in [0.2, 0.25) is 5.91 Å². The number of aryl methyl sites for hydroxylation is 1. The van der Waals surface area contributed by atoms with E-state index in [0.29, 0.717) is 18.0 Å². The first-order valence-electron chi connectivity index (χ1n) is 7.64. The maximum atomic E-state index is 12.1. The number of nitrogens with one attached hydrogen (secondary N) is 2. The predicted octanol–water partition coefficient (Wildman–Crippen LogP) is 3.36. The summed E-state index contributed by atoms with van der Waals surface area (Å²) >= 11 is 0. The number of carbonyl (C=O) groups is 1. The molecule has 1 aromatic carbocycles. The normalized spacial score (nSPS) is 20.9. The molecule has 20 heavy (non-hydrogen) atoms. The van der Waals surface area contributed by atoms with Crippen molar-refractivity contribution in [3.63, 3.8) is 0 Å². The lowest BCUT2D eigenvalue weighted by Crippen LogP contribution is -2.41. The van der Waals surface area contributed by atoms with Crippen LogP contribution in [-0.4, -0.2) is 18.5 Å². The Morgan fingerprint density at radius 1 is 1.35 bits per heavy atom. The highest BCUT2D eigenvalue weighted by molar-refractivity contribution is 5.93. The Morgan fingerprint density at radius 3 is 2.75 bits per heavy atom. The van der Waals surface area contributed by atoms with Crippen molar-refractivity contribution in [1.29, 1.82) is 0 Å². The molecule has 1 aliphatic rings. The molecule has 0 aliphatic heterocycles. The third kappa shape index (κ3) is 3.60. The highest BCUT2D eigenvalue weighted by Crippen LogP contribution is 2.36. The van der Waals surface area contributed by atoms with Gasteiger partial charge < -0.3 is 10.6 Å². The summed E-state index contributed by atoms with van der Waals surface area (Å²) < 4.78 is 0. The lowest BCUT2D eigenvalue weighted by molar-refractivity contribution is -0.115. The summed E-state index contributed by atoms with van der Waals surface area (Å²) in [6.45, 7) is 7.06. The van der Waals surface area contributed by atoms with E-state index in [1.54, 1.807) is 0 Å². The molecule has 0 bridgehead atoms. The van der Waals surface area contributed by atoms with Gasteiger partial charge in [-0.1, -0.05) is 45.4 Å². The van der Waals surface area contributed by atoms with Gasteiger partial charge in [0.1, 0.15) is 0 Å². The number of benzene rings is 1. The van der Waals surface area contributed by atoms with Crippen LogP contribution in [0, 0.1) is 5.41 Å². The number of anilines is 1. The summed E-state index contributed by atoms with van der Waals surface area (Å²) in [6, 6.07) is 8.45. The third-order valence-electron chi connectivity index (χ3n) is 4.44. The number of hydrogen-bond acceptors (Lipinski definition) is 2. The molecule has 1 saturated carbocycles. The van der Waals surface area contributed by atoms with E-state index in [0.717, 1.165) is 12.1 Å². The first-order chi connectivity index (χ1) is 9.53. The Balaban J connectivity index is 1.87. The highest BCUT2D eigenvalue weighted by Gasteiger charge is 2.34. The zero-order valence-corrected chi connectivity index (χ0v) is 12.8. The molecule has 0 radical (unpaired) electrons. The predicted molar refractivity (Wildman–Crippen MR) is 83.9 cm³/mol. The summed E-state index contributed by atoms with van der Waals surface area (Å²) in [6.07, 6.45) is 4.60. The van der Waals surface area contributed by atoms with Gasteiger partial charge in [-0.05, 0) is 36.3 Å². The summed E-state index contributed by atoms with van der Waals surface area (Å²) in [5.74, 6) is 0.0496. The van der Waals surface area contributed by atoms with Crippen LogP contribution in [0.15, 0.2) is 24.3 Å². The minimum Gasteiger partial charge on any atom is -0.325 e. The Kier molecular flexibility index (Phi) is 4.81. The van der Waals surface area contributed by atoms with Crippen LogP contribution in [-0.2, 0) is 11.2 Å². The smallest absolute Gasteiger partial charge is 0.238 e. The Morgan fingerprint density at radius 2 is 2.10 bits per heavy atom. The lowest BCUT2D eigenvalue weighted by Gasteiger charge is -2.27. The van der Waals surface area contributed by atoms with E-state index >= 15 is 0 Å². The molecule has 3 heteroatoms. The molecule has 0 unspecified atom stereocenters. The molecular weight excluding hydrogens is 248 g/mol. The van der Waals surface area contributed by atoms with E-state index in [9.17, 15) is 4.79 Å². The van der Waals surface area contributed by atoms with E-state index < -0.39 is 0 Å². The van der Waals surface area contributed by atoms with Crippen molar-refractivity contribution in [2.75, 3.05) is 11.9 Å². The number of hydrogen-bond donors (Lipinski definition) is 2. The molecule has 110 valence electrons. The van der Waals surface area contributed by atoms with E-state index in [1.807, 2.05) is 18.2 Å². The molecular formula is C17H26N2O. The minimum atomic E-state index is 0.0496. The summed E-state index contributed by atoms with van der Waals surface area (Å²) in [5.41, 5.74) is 2.43. The quantitative estimate of drug-likeness (QED) is 0.864. The molecule has 3 nitrogen and oxygen atoms in total. The average molecular weight is 274 g/mol. The summed E-state index contributed by atoms with van der Waals surface area (Å²) in [4.78, 5) is 12.1. The number of carbonyl (C=O) groups excluding carboxylic acids is 1. The molecule has 0 aromatic heterocycles.